The number of carbonyl (C=O) groups is 4. The van der Waals surface area contributed by atoms with Crippen LogP contribution in [0.5, 0.6) is 0 Å². The lowest BCUT2D eigenvalue weighted by Gasteiger charge is -2.29. The number of fused-ring (bicyclic) bond motifs is 1. The first-order valence-electron chi connectivity index (χ1n) is 13.1. The molecule has 21 heteroatoms. The number of anilines is 2. The number of rotatable bonds is 11. The molecule has 0 aliphatic carbocycles. The van der Waals surface area contributed by atoms with Gasteiger partial charge < -0.3 is 25.4 Å². The second-order valence-corrected chi connectivity index (χ2v) is 10.1. The highest BCUT2D eigenvalue weighted by atomic mass is 19.4. The fourth-order valence-electron chi connectivity index (χ4n) is 3.91. The molecule has 0 unspecified atom stereocenters. The molecule has 0 fully saturated rings. The topological polar surface area (TPSA) is 128 Å². The van der Waals surface area contributed by atoms with Crippen LogP contribution in [-0.2, 0) is 19.1 Å². The van der Waals surface area contributed by atoms with Crippen molar-refractivity contribution < 1.29 is 77.3 Å². The smallest absolute Gasteiger partial charge is 0.449 e. The lowest BCUT2D eigenvalue weighted by atomic mass is 10.0. The highest BCUT2D eigenvalue weighted by Crippen LogP contribution is 2.36. The molecule has 260 valence electrons. The van der Waals surface area contributed by atoms with Crippen molar-refractivity contribution in [3.63, 3.8) is 0 Å². The van der Waals surface area contributed by atoms with Crippen molar-refractivity contribution in [2.24, 2.45) is 0 Å². The first-order valence-corrected chi connectivity index (χ1v) is 13.1. The van der Waals surface area contributed by atoms with Gasteiger partial charge in [0.15, 0.2) is 0 Å². The number of amides is 4. The summed E-state index contributed by atoms with van der Waals surface area (Å²) < 4.78 is 145. The molecule has 1 aliphatic rings. The number of nitrogens with one attached hydrogen (secondary N) is 2. The number of benzene rings is 1. The van der Waals surface area contributed by atoms with Crippen molar-refractivity contribution in [1.29, 1.82) is 0 Å². The Hall–Kier alpha value is -3.91. The number of para-hydroxylation sites is 2. The summed E-state index contributed by atoms with van der Waals surface area (Å²) in [7, 11) is 0. The second kappa shape index (κ2) is 14.2. The number of ether oxygens (including phenoxy) is 1. The summed E-state index contributed by atoms with van der Waals surface area (Å²) >= 11 is 0. The van der Waals surface area contributed by atoms with E-state index in [0.29, 0.717) is 16.7 Å². The molecule has 0 spiro atoms. The maximum absolute atomic E-state index is 13.5. The van der Waals surface area contributed by atoms with E-state index in [4.69, 9.17) is 4.74 Å². The first kappa shape index (κ1) is 38.3. The maximum atomic E-state index is 13.5. The molecular formula is C25H27F11N4O6. The van der Waals surface area contributed by atoms with E-state index >= 15 is 0 Å². The molecule has 0 saturated carbocycles. The molecule has 1 aromatic rings. The zero-order valence-corrected chi connectivity index (χ0v) is 23.6. The summed E-state index contributed by atoms with van der Waals surface area (Å²) in [5, 5.41) is 13.3. The van der Waals surface area contributed by atoms with Gasteiger partial charge in [0.1, 0.15) is 6.04 Å². The van der Waals surface area contributed by atoms with Crippen LogP contribution in [0.25, 0.3) is 0 Å². The van der Waals surface area contributed by atoms with E-state index in [-0.39, 0.29) is 11.4 Å². The number of carbonyl (C=O) groups excluding carboxylic acids is 4. The minimum atomic E-state index is -6.11. The van der Waals surface area contributed by atoms with Crippen LogP contribution < -0.4 is 20.4 Å². The largest absolute Gasteiger partial charge is 0.455 e. The number of alkyl halides is 11. The van der Waals surface area contributed by atoms with Crippen molar-refractivity contribution in [2.75, 3.05) is 36.0 Å². The fourth-order valence-corrected chi connectivity index (χ4v) is 3.91. The second-order valence-electron chi connectivity index (χ2n) is 10.1. The van der Waals surface area contributed by atoms with Crippen molar-refractivity contribution in [3.8, 4) is 0 Å². The van der Waals surface area contributed by atoms with Crippen LogP contribution in [0.4, 0.5) is 64.5 Å². The predicted octanol–water partition coefficient (Wildman–Crippen LogP) is 4.21. The molecule has 1 aliphatic heterocycles. The molecule has 0 bridgehead atoms. The number of nitrogens with zero attached hydrogens (tertiary/aromatic N) is 2. The third kappa shape index (κ3) is 10.3. The first-order chi connectivity index (χ1) is 20.9. The average molecular weight is 688 g/mol. The van der Waals surface area contributed by atoms with Crippen molar-refractivity contribution >= 4 is 35.2 Å². The molecule has 2 rings (SSSR count). The molecule has 0 saturated heterocycles. The summed E-state index contributed by atoms with van der Waals surface area (Å²) in [6.07, 6.45) is -20.9. The highest BCUT2D eigenvalue weighted by molar-refractivity contribution is 6.11. The van der Waals surface area contributed by atoms with Gasteiger partial charge in [-0.3, -0.25) is 19.3 Å². The summed E-state index contributed by atoms with van der Waals surface area (Å²) in [4.78, 5) is 52.9. The Labute approximate surface area is 252 Å². The van der Waals surface area contributed by atoms with Crippen LogP contribution >= 0.6 is 0 Å². The van der Waals surface area contributed by atoms with Gasteiger partial charge in [0, 0.05) is 19.4 Å². The fraction of sp³-hybridized carbons (Fsp3) is 0.600. The Balaban J connectivity index is 2.39. The molecule has 46 heavy (non-hydrogen) atoms. The zero-order chi connectivity index (χ0) is 35.3. The van der Waals surface area contributed by atoms with Crippen LogP contribution in [0.1, 0.15) is 32.6 Å². The van der Waals surface area contributed by atoms with Gasteiger partial charge in [-0.15, -0.1) is 0 Å². The Morgan fingerprint density at radius 3 is 1.98 bits per heavy atom. The van der Waals surface area contributed by atoms with E-state index in [1.165, 1.54) is 24.3 Å². The van der Waals surface area contributed by atoms with Crippen molar-refractivity contribution in [3.05, 3.63) is 24.3 Å². The monoisotopic (exact) mass is 688 g/mol. The Morgan fingerprint density at radius 2 is 1.43 bits per heavy atom. The minimum absolute atomic E-state index is 0.209. The van der Waals surface area contributed by atoms with E-state index in [9.17, 15) is 72.6 Å². The molecule has 3 N–H and O–H groups in total. The van der Waals surface area contributed by atoms with Crippen LogP contribution in [0.3, 0.4) is 0 Å². The van der Waals surface area contributed by atoms with Crippen LogP contribution in [-0.4, -0.2) is 91.3 Å². The molecule has 1 aromatic carbocycles. The van der Waals surface area contributed by atoms with E-state index < -0.39 is 112 Å². The van der Waals surface area contributed by atoms with Crippen LogP contribution in [0.15, 0.2) is 24.3 Å². The Kier molecular flexibility index (Phi) is 11.9. The number of hydrogen-bond donors (Lipinski definition) is 3. The molecular weight excluding hydrogens is 661 g/mol. The summed E-state index contributed by atoms with van der Waals surface area (Å²) in [5.74, 6) is -10.6. The van der Waals surface area contributed by atoms with Gasteiger partial charge in [0.05, 0.1) is 31.1 Å². The Morgan fingerprint density at radius 1 is 0.891 bits per heavy atom. The number of aliphatic hydroxyl groups is 1. The molecule has 2 atom stereocenters. The van der Waals surface area contributed by atoms with E-state index in [2.05, 4.69) is 0 Å². The zero-order valence-electron chi connectivity index (χ0n) is 23.6. The Bertz CT molecular complexity index is 1270. The third-order valence-electron chi connectivity index (χ3n) is 6.36. The summed E-state index contributed by atoms with van der Waals surface area (Å²) in [6, 6.07) is 2.95. The van der Waals surface area contributed by atoms with E-state index in [1.807, 2.05) is 5.32 Å². The molecule has 0 aromatic heterocycles. The predicted molar refractivity (Wildman–Crippen MR) is 135 cm³/mol. The quantitative estimate of drug-likeness (QED) is 0.182. The van der Waals surface area contributed by atoms with Crippen LogP contribution in [0.2, 0.25) is 0 Å². The molecule has 4 amide bonds. The number of hydrogen-bond acceptors (Lipinski definition) is 6. The molecule has 0 radical (unpaired) electrons. The highest BCUT2D eigenvalue weighted by Gasteiger charge is 2.58. The van der Waals surface area contributed by atoms with E-state index in [0.717, 1.165) is 5.32 Å². The average Bonchev–Trinajstić information content (AvgIpc) is 3.02. The van der Waals surface area contributed by atoms with Crippen molar-refractivity contribution in [1.82, 2.24) is 10.6 Å². The van der Waals surface area contributed by atoms with Gasteiger partial charge in [0.25, 0.3) is 17.7 Å². The van der Waals surface area contributed by atoms with Gasteiger partial charge >= 0.3 is 30.5 Å². The summed E-state index contributed by atoms with van der Waals surface area (Å²) in [6.45, 7) is -4.43. The lowest BCUT2D eigenvalue weighted by Crippen LogP contribution is -2.62. The van der Waals surface area contributed by atoms with Gasteiger partial charge in [-0.25, -0.2) is 4.79 Å². The van der Waals surface area contributed by atoms with Crippen molar-refractivity contribution in [2.45, 2.75) is 68.7 Å². The third-order valence-corrected chi connectivity index (χ3v) is 6.36. The minimum Gasteiger partial charge on any atom is -0.449 e. The lowest BCUT2D eigenvalue weighted by molar-refractivity contribution is -0.278. The maximum Gasteiger partial charge on any atom is 0.455 e. The SMILES string of the molecule is C[C@](O)(C(=O)NCC(F)(F)C(F)(F)F)C(=O)N[C@H]1CN(C(=O)OCCCC(F)(F)F)c2ccccc2N(CCCC(F)(F)F)C1=O. The standard InChI is InChI=1S/C25H27F11N4O6/c1-21(45,18(42)37-13-22(26,27)25(34,35)36)19(43)38-14-12-40(20(44)46-11-5-9-24(31,32)33)16-7-3-2-6-15(16)39(17(14)41)10-4-8-23(28,29)30/h2-3,6-7,14,45H,4-5,8-13H2,1H3,(H,37,42)(H,38,43)/t14-,21-/m0/s1. The number of halogens is 11. The van der Waals surface area contributed by atoms with E-state index in [1.54, 1.807) is 0 Å². The van der Waals surface area contributed by atoms with Gasteiger partial charge in [-0.1, -0.05) is 12.1 Å². The summed E-state index contributed by atoms with van der Waals surface area (Å²) in [5.41, 5.74) is -3.85. The normalized spacial score (nSPS) is 17.5. The van der Waals surface area contributed by atoms with Gasteiger partial charge in [-0.05, 0) is 31.9 Å². The molecule has 10 nitrogen and oxygen atoms in total. The van der Waals surface area contributed by atoms with Gasteiger partial charge in [-0.2, -0.15) is 48.3 Å². The van der Waals surface area contributed by atoms with Crippen LogP contribution in [0, 0.1) is 0 Å². The van der Waals surface area contributed by atoms with Gasteiger partial charge in [0.2, 0.25) is 5.60 Å². The molecule has 1 heterocycles.